The molecule has 2 saturated heterocycles. The first-order valence-corrected chi connectivity index (χ1v) is 25.2. The number of nitrogens with zero attached hydrogens (tertiary/aromatic N) is 4. The number of carbonyl (C=O) groups excluding carboxylic acids is 5. The van der Waals surface area contributed by atoms with Crippen molar-refractivity contribution < 1.29 is 51.4 Å². The maximum atomic E-state index is 15.6. The molecule has 7 rings (SSSR count). The van der Waals surface area contributed by atoms with Crippen molar-refractivity contribution >= 4 is 52.2 Å². The molecule has 75 heavy (non-hydrogen) atoms. The number of H-pyrrole nitrogens is 1. The third-order valence-electron chi connectivity index (χ3n) is 13.4. The molecule has 0 aliphatic carbocycles. The van der Waals surface area contributed by atoms with Gasteiger partial charge in [-0.1, -0.05) is 51.1 Å². The van der Waals surface area contributed by atoms with Crippen molar-refractivity contribution in [3.8, 4) is 21.6 Å². The van der Waals surface area contributed by atoms with E-state index in [-0.39, 0.29) is 67.1 Å². The number of nitrogens with one attached hydrogen (secondary N) is 5. The molecule has 2 aliphatic heterocycles. The lowest BCUT2D eigenvalue weighted by Crippen LogP contribution is -2.58. The highest BCUT2D eigenvalue weighted by molar-refractivity contribution is 7.13. The van der Waals surface area contributed by atoms with E-state index in [1.165, 1.54) is 34.4 Å². The first-order valence-electron chi connectivity index (χ1n) is 24.3. The van der Waals surface area contributed by atoms with Gasteiger partial charge in [0.15, 0.2) is 0 Å². The predicted octanol–water partition coefficient (Wildman–Crippen LogP) is 5.97. The number of amides is 5. The molecule has 1 unspecified atom stereocenters. The summed E-state index contributed by atoms with van der Waals surface area (Å²) in [6.45, 7) is 11.5. The van der Waals surface area contributed by atoms with Gasteiger partial charge in [0.25, 0.3) is 11.8 Å². The number of likely N-dealkylation sites (tertiary alicyclic amines) is 1. The van der Waals surface area contributed by atoms with Crippen molar-refractivity contribution in [2.45, 2.75) is 91.0 Å². The molecular weight excluding hydrogens is 999 g/mol. The van der Waals surface area contributed by atoms with Crippen LogP contribution in [0, 0.1) is 18.2 Å². The molecule has 0 radical (unpaired) electrons. The molecule has 22 heteroatoms. The molecule has 17 nitrogen and oxygen atoms in total. The van der Waals surface area contributed by atoms with Gasteiger partial charge in [0, 0.05) is 74.6 Å². The van der Waals surface area contributed by atoms with Crippen LogP contribution in [-0.2, 0) is 31.8 Å². The second-order valence-electron chi connectivity index (χ2n) is 20.0. The largest absolute Gasteiger partial charge is 0.417 e. The molecule has 2 fully saturated rings. The number of ether oxygens (including phenoxy) is 1. The number of aliphatic hydroxyl groups excluding tert-OH is 1. The summed E-state index contributed by atoms with van der Waals surface area (Å²) in [6, 6.07) is 14.2. The van der Waals surface area contributed by atoms with Gasteiger partial charge < -0.3 is 45.9 Å². The van der Waals surface area contributed by atoms with Gasteiger partial charge in [-0.15, -0.1) is 11.3 Å². The lowest BCUT2D eigenvalue weighted by molar-refractivity contribution is -0.144. The van der Waals surface area contributed by atoms with E-state index < -0.39 is 88.4 Å². The number of aromatic nitrogens is 2. The third-order valence-corrected chi connectivity index (χ3v) is 14.4. The van der Waals surface area contributed by atoms with E-state index in [1.54, 1.807) is 38.4 Å². The van der Waals surface area contributed by atoms with Crippen LogP contribution in [0.3, 0.4) is 0 Å². The summed E-state index contributed by atoms with van der Waals surface area (Å²) in [5, 5.41) is 21.4. The lowest BCUT2D eigenvalue weighted by Gasteiger charge is -2.44. The molecule has 3 aromatic carbocycles. The predicted molar refractivity (Wildman–Crippen MR) is 276 cm³/mol. The fourth-order valence-corrected chi connectivity index (χ4v) is 9.95. The monoisotopic (exact) mass is 1060 g/mol. The summed E-state index contributed by atoms with van der Waals surface area (Å²) in [7, 11) is 1.97. The van der Waals surface area contributed by atoms with Gasteiger partial charge in [-0.05, 0) is 80.3 Å². The van der Waals surface area contributed by atoms with Gasteiger partial charge >= 0.3 is 6.18 Å². The lowest BCUT2D eigenvalue weighted by atomic mass is 9.85. The Morgan fingerprint density at radius 3 is 2.27 bits per heavy atom. The Bertz CT molecular complexity index is 2970. The van der Waals surface area contributed by atoms with Gasteiger partial charge in [0.1, 0.15) is 24.5 Å². The van der Waals surface area contributed by atoms with Gasteiger partial charge in [-0.3, -0.25) is 33.7 Å². The molecule has 5 amide bonds. The van der Waals surface area contributed by atoms with E-state index in [4.69, 9.17) is 4.74 Å². The highest BCUT2D eigenvalue weighted by Crippen LogP contribution is 2.37. The van der Waals surface area contributed by atoms with E-state index in [9.17, 15) is 47.0 Å². The SMILES string of the molecule is Cc1ncsc1-c1ccc(CNC(=O)[C@@H]2C[C@@H](O)CN2C(=O)C(NC(=O)COCCNC(=O)c2ccc(F)c(-c3ccc(N4C[C@@H](C)N(C)[C@@H](C)C4)c(NC(=O)c4c[nH]c(=O)cc4C(F)(F)F)c3)c2)C(C)(C)C)cc1. The smallest absolute Gasteiger partial charge is 0.391 e. The quantitative estimate of drug-likeness (QED) is 0.0500. The van der Waals surface area contributed by atoms with Crippen LogP contribution in [0.5, 0.6) is 0 Å². The number of aryl methyl sites for hydroxylation is 1. The van der Waals surface area contributed by atoms with E-state index >= 15 is 4.39 Å². The number of rotatable bonds is 16. The van der Waals surface area contributed by atoms with Gasteiger partial charge in [0.2, 0.25) is 23.3 Å². The number of anilines is 2. The summed E-state index contributed by atoms with van der Waals surface area (Å²) in [5.41, 5.74) is 1.10. The van der Waals surface area contributed by atoms with Gasteiger partial charge in [0.05, 0.1) is 51.3 Å². The molecule has 6 N–H and O–H groups in total. The fourth-order valence-electron chi connectivity index (χ4n) is 9.14. The molecule has 0 saturated carbocycles. The van der Waals surface area contributed by atoms with Crippen molar-refractivity contribution in [1.29, 1.82) is 0 Å². The number of likely N-dealkylation sites (N-methyl/N-ethyl adjacent to an activating group) is 1. The minimum absolute atomic E-state index is 0.0159. The Labute approximate surface area is 435 Å². The topological polar surface area (TPSA) is 218 Å². The van der Waals surface area contributed by atoms with Crippen LogP contribution >= 0.6 is 11.3 Å². The van der Waals surface area contributed by atoms with Gasteiger partial charge in [-0.25, -0.2) is 9.37 Å². The number of hydrogen-bond acceptors (Lipinski definition) is 12. The Hall–Kier alpha value is -7.01. The zero-order chi connectivity index (χ0) is 54.5. The standard InChI is InChI=1S/C53H61F4N9O8S/c1-29-24-65(25-30(2)64(29)7)42-15-13-34(19-41(42)62-49(71)38-23-59-44(68)21-39(38)53(55,56)57)37-18-35(12-14-40(37)54)48(70)58-16-17-74-27-45(69)63-47(52(4,5)6)51(73)66-26-36(67)20-43(66)50(72)60-22-32-8-10-33(11-9-32)46-31(3)61-28-75-46/h8-15,18-19,21,23,28-30,36,43,47,67H,16-17,20,22,24-27H2,1-7H3,(H,58,70)(H,59,68)(H,60,72)(H,62,71)(H,63,69)/t29-,30+,36-,43+,47?/m1/s1. The molecule has 5 atom stereocenters. The molecule has 0 bridgehead atoms. The number of benzene rings is 3. The van der Waals surface area contributed by atoms with Gasteiger partial charge in [-0.2, -0.15) is 13.2 Å². The molecule has 4 heterocycles. The first kappa shape index (κ1) is 55.7. The van der Waals surface area contributed by atoms with E-state index in [0.29, 0.717) is 31.0 Å². The summed E-state index contributed by atoms with van der Waals surface area (Å²) in [5.74, 6) is -4.18. The molecular formula is C53H61F4N9O8S. The Balaban J connectivity index is 0.958. The van der Waals surface area contributed by atoms with Crippen LogP contribution in [0.25, 0.3) is 21.6 Å². The summed E-state index contributed by atoms with van der Waals surface area (Å²) >= 11 is 1.54. The average molecular weight is 1060 g/mol. The highest BCUT2D eigenvalue weighted by atomic mass is 32.1. The second-order valence-corrected chi connectivity index (χ2v) is 20.9. The Morgan fingerprint density at radius 1 is 0.920 bits per heavy atom. The number of aromatic amines is 1. The van der Waals surface area contributed by atoms with Crippen molar-refractivity contribution in [2.24, 2.45) is 5.41 Å². The number of hydrogen-bond donors (Lipinski definition) is 6. The highest BCUT2D eigenvalue weighted by Gasteiger charge is 2.44. The number of halogens is 4. The number of carbonyl (C=O) groups is 5. The zero-order valence-electron chi connectivity index (χ0n) is 42.6. The molecule has 5 aromatic rings. The molecule has 2 aliphatic rings. The van der Waals surface area contributed by atoms with Crippen LogP contribution in [0.1, 0.15) is 78.6 Å². The van der Waals surface area contributed by atoms with E-state index in [0.717, 1.165) is 27.8 Å². The maximum absolute atomic E-state index is 15.6. The van der Waals surface area contributed by atoms with Crippen molar-refractivity contribution in [3.63, 3.8) is 0 Å². The number of β-amino-alcohol motifs (C(OH)–C–C–N with tert-alkyl or cyclic N) is 1. The van der Waals surface area contributed by atoms with Crippen LogP contribution in [0.15, 0.2) is 83.2 Å². The Morgan fingerprint density at radius 2 is 1.61 bits per heavy atom. The van der Waals surface area contributed by atoms with E-state index in [2.05, 4.69) is 36.1 Å². The molecule has 0 spiro atoms. The normalized spacial score (nSPS) is 18.6. The maximum Gasteiger partial charge on any atom is 0.417 e. The number of pyridine rings is 1. The third kappa shape index (κ3) is 13.5. The zero-order valence-corrected chi connectivity index (χ0v) is 43.4. The fraction of sp³-hybridized carbons (Fsp3) is 0.415. The molecule has 2 aromatic heterocycles. The number of thiazole rings is 1. The summed E-state index contributed by atoms with van der Waals surface area (Å²) in [4.78, 5) is 92.5. The number of aliphatic hydroxyl groups is 1. The summed E-state index contributed by atoms with van der Waals surface area (Å²) < 4.78 is 63.2. The summed E-state index contributed by atoms with van der Waals surface area (Å²) in [6.07, 6.45) is -5.28. The minimum atomic E-state index is -5.03. The van der Waals surface area contributed by atoms with Crippen LogP contribution in [0.2, 0.25) is 0 Å². The second kappa shape index (κ2) is 23.3. The first-order chi connectivity index (χ1) is 35.4. The number of piperazine rings is 1. The number of alkyl halides is 3. The molecule has 400 valence electrons. The van der Waals surface area contributed by atoms with Crippen LogP contribution < -0.4 is 31.7 Å². The van der Waals surface area contributed by atoms with Crippen LogP contribution in [-0.4, -0.2) is 131 Å². The Kier molecular flexibility index (Phi) is 17.3. The van der Waals surface area contributed by atoms with Crippen molar-refractivity contribution in [2.75, 3.05) is 56.7 Å². The average Bonchev–Trinajstić information content (AvgIpc) is 3.98. The van der Waals surface area contributed by atoms with E-state index in [1.807, 2.05) is 57.0 Å². The van der Waals surface area contributed by atoms with Crippen molar-refractivity contribution in [3.05, 3.63) is 123 Å². The van der Waals surface area contributed by atoms with Crippen LogP contribution in [0.4, 0.5) is 28.9 Å². The van der Waals surface area contributed by atoms with Crippen molar-refractivity contribution in [1.82, 2.24) is 35.7 Å². The minimum Gasteiger partial charge on any atom is -0.391 e.